The van der Waals surface area contributed by atoms with Crippen molar-refractivity contribution in [3.8, 4) is 0 Å². The molecule has 1 heterocycles. The van der Waals surface area contributed by atoms with E-state index in [-0.39, 0.29) is 10.8 Å². The summed E-state index contributed by atoms with van der Waals surface area (Å²) in [4.78, 5) is 0. The highest BCUT2D eigenvalue weighted by molar-refractivity contribution is 5.15. The summed E-state index contributed by atoms with van der Waals surface area (Å²) in [6.07, 6.45) is 2.09. The van der Waals surface area contributed by atoms with Crippen LogP contribution in [0.4, 0.5) is 0 Å². The Balaban J connectivity index is 2.04. The van der Waals surface area contributed by atoms with Gasteiger partial charge in [-0.25, -0.2) is 0 Å². The predicted octanol–water partition coefficient (Wildman–Crippen LogP) is 2.89. The molecule has 2 N–H and O–H groups in total. The minimum atomic E-state index is 0.0385. The van der Waals surface area contributed by atoms with Gasteiger partial charge in [0.25, 0.3) is 0 Å². The van der Waals surface area contributed by atoms with Gasteiger partial charge in [-0.05, 0) is 24.2 Å². The molecule has 0 radical (unpaired) electrons. The second kappa shape index (κ2) is 3.84. The number of nitrogens with two attached hydrogens (primary N) is 1. The van der Waals surface area contributed by atoms with E-state index in [0.717, 1.165) is 24.3 Å². The van der Waals surface area contributed by atoms with Gasteiger partial charge >= 0.3 is 0 Å². The zero-order chi connectivity index (χ0) is 12.8. The third kappa shape index (κ3) is 2.25. The van der Waals surface area contributed by atoms with Crippen molar-refractivity contribution in [1.82, 2.24) is 5.16 Å². The first-order chi connectivity index (χ1) is 7.71. The summed E-state index contributed by atoms with van der Waals surface area (Å²) >= 11 is 0. The average Bonchev–Trinajstić information content (AvgIpc) is 2.65. The quantitative estimate of drug-likeness (QED) is 0.859. The molecule has 1 saturated carbocycles. The lowest BCUT2D eigenvalue weighted by atomic mass is 9.57. The molecule has 96 valence electrons. The Morgan fingerprint density at radius 3 is 2.53 bits per heavy atom. The Morgan fingerprint density at radius 2 is 2.12 bits per heavy atom. The van der Waals surface area contributed by atoms with Crippen molar-refractivity contribution in [1.29, 1.82) is 0 Å². The molecule has 0 bridgehead atoms. The molecule has 17 heavy (non-hydrogen) atoms. The van der Waals surface area contributed by atoms with Crippen molar-refractivity contribution in [2.45, 2.75) is 58.9 Å². The highest BCUT2D eigenvalue weighted by Crippen LogP contribution is 2.46. The van der Waals surface area contributed by atoms with Crippen LogP contribution in [-0.2, 0) is 11.8 Å². The van der Waals surface area contributed by atoms with Crippen LogP contribution in [0.25, 0.3) is 0 Å². The molecule has 1 aliphatic rings. The minimum Gasteiger partial charge on any atom is -0.361 e. The summed E-state index contributed by atoms with van der Waals surface area (Å²) in [5, 5.41) is 4.18. The van der Waals surface area contributed by atoms with Crippen molar-refractivity contribution in [2.24, 2.45) is 17.1 Å². The fourth-order valence-corrected chi connectivity index (χ4v) is 2.42. The maximum atomic E-state index is 6.03. The smallest absolute Gasteiger partial charge is 0.142 e. The SMILES string of the molecule is CC(C)(C)c1cc(C[C@@H]2C[C@H](N)C2(C)C)no1. The van der Waals surface area contributed by atoms with E-state index in [1.807, 2.05) is 0 Å². The Labute approximate surface area is 104 Å². The van der Waals surface area contributed by atoms with Crippen molar-refractivity contribution in [3.05, 3.63) is 17.5 Å². The summed E-state index contributed by atoms with van der Waals surface area (Å²) in [6, 6.07) is 2.43. The summed E-state index contributed by atoms with van der Waals surface area (Å²) in [5.74, 6) is 1.60. The third-order valence-electron chi connectivity index (χ3n) is 4.30. The lowest BCUT2D eigenvalue weighted by Gasteiger charge is -2.50. The highest BCUT2D eigenvalue weighted by atomic mass is 16.5. The number of hydrogen-bond donors (Lipinski definition) is 1. The van der Waals surface area contributed by atoms with E-state index < -0.39 is 0 Å². The minimum absolute atomic E-state index is 0.0385. The molecule has 3 heteroatoms. The van der Waals surface area contributed by atoms with Crippen LogP contribution in [0.5, 0.6) is 0 Å². The van der Waals surface area contributed by atoms with Crippen molar-refractivity contribution in [3.63, 3.8) is 0 Å². The Bertz CT molecular complexity index is 401. The van der Waals surface area contributed by atoms with Crippen LogP contribution in [0.15, 0.2) is 10.6 Å². The molecule has 0 unspecified atom stereocenters. The predicted molar refractivity (Wildman–Crippen MR) is 68.8 cm³/mol. The van der Waals surface area contributed by atoms with Crippen molar-refractivity contribution in [2.75, 3.05) is 0 Å². The molecule has 0 aromatic carbocycles. The van der Waals surface area contributed by atoms with Crippen LogP contribution >= 0.6 is 0 Å². The first-order valence-electron chi connectivity index (χ1n) is 6.43. The molecule has 2 rings (SSSR count). The van der Waals surface area contributed by atoms with Gasteiger partial charge in [0, 0.05) is 17.5 Å². The standard InChI is InChI=1S/C14H24N2O/c1-13(2,3)12-8-10(16-17-12)6-9-7-11(15)14(9,4)5/h8-9,11H,6-7,15H2,1-5H3/t9-,11+/m1/s1. The van der Waals surface area contributed by atoms with Gasteiger partial charge in [0.05, 0.1) is 5.69 Å². The van der Waals surface area contributed by atoms with Crippen LogP contribution in [0.3, 0.4) is 0 Å². The van der Waals surface area contributed by atoms with Gasteiger partial charge in [-0.3, -0.25) is 0 Å². The summed E-state index contributed by atoms with van der Waals surface area (Å²) in [5.41, 5.74) is 7.38. The molecule has 1 aromatic heterocycles. The second-order valence-corrected chi connectivity index (χ2v) is 7.00. The van der Waals surface area contributed by atoms with Gasteiger partial charge in [-0.15, -0.1) is 0 Å². The van der Waals surface area contributed by atoms with E-state index >= 15 is 0 Å². The lowest BCUT2D eigenvalue weighted by molar-refractivity contribution is 0.0370. The summed E-state index contributed by atoms with van der Waals surface area (Å²) in [6.45, 7) is 10.9. The zero-order valence-corrected chi connectivity index (χ0v) is 11.6. The van der Waals surface area contributed by atoms with Crippen molar-refractivity contribution >= 4 is 0 Å². The fraction of sp³-hybridized carbons (Fsp3) is 0.786. The average molecular weight is 236 g/mol. The Hall–Kier alpha value is -0.830. The first kappa shape index (κ1) is 12.6. The van der Waals surface area contributed by atoms with Crippen LogP contribution in [0.1, 0.15) is 52.5 Å². The molecule has 1 aliphatic carbocycles. The normalized spacial score (nSPS) is 27.9. The van der Waals surface area contributed by atoms with E-state index in [2.05, 4.69) is 45.8 Å². The van der Waals surface area contributed by atoms with Crippen LogP contribution < -0.4 is 5.73 Å². The number of hydrogen-bond acceptors (Lipinski definition) is 3. The summed E-state index contributed by atoms with van der Waals surface area (Å²) < 4.78 is 5.41. The number of nitrogens with zero attached hydrogens (tertiary/aromatic N) is 1. The van der Waals surface area contributed by atoms with E-state index in [4.69, 9.17) is 10.3 Å². The molecular formula is C14H24N2O. The number of aromatic nitrogens is 1. The van der Waals surface area contributed by atoms with Gasteiger partial charge in [0.1, 0.15) is 5.76 Å². The maximum Gasteiger partial charge on any atom is 0.142 e. The highest BCUT2D eigenvalue weighted by Gasteiger charge is 2.45. The van der Waals surface area contributed by atoms with E-state index in [9.17, 15) is 0 Å². The van der Waals surface area contributed by atoms with E-state index in [0.29, 0.717) is 12.0 Å². The van der Waals surface area contributed by atoms with Crippen LogP contribution in [-0.4, -0.2) is 11.2 Å². The monoisotopic (exact) mass is 236 g/mol. The van der Waals surface area contributed by atoms with Gasteiger partial charge in [-0.1, -0.05) is 39.8 Å². The maximum absolute atomic E-state index is 6.03. The molecule has 1 aromatic rings. The van der Waals surface area contributed by atoms with E-state index in [1.165, 1.54) is 0 Å². The molecule has 1 fully saturated rings. The molecule has 3 nitrogen and oxygen atoms in total. The van der Waals surface area contributed by atoms with E-state index in [1.54, 1.807) is 0 Å². The van der Waals surface area contributed by atoms with Gasteiger partial charge in [0.2, 0.25) is 0 Å². The number of rotatable bonds is 2. The zero-order valence-electron chi connectivity index (χ0n) is 11.6. The molecular weight excluding hydrogens is 212 g/mol. The molecule has 0 aliphatic heterocycles. The third-order valence-corrected chi connectivity index (χ3v) is 4.30. The molecule has 2 atom stereocenters. The van der Waals surface area contributed by atoms with Gasteiger partial charge < -0.3 is 10.3 Å². The molecule has 0 saturated heterocycles. The van der Waals surface area contributed by atoms with Gasteiger partial charge in [-0.2, -0.15) is 0 Å². The second-order valence-electron chi connectivity index (χ2n) is 7.00. The fourth-order valence-electron chi connectivity index (χ4n) is 2.42. The van der Waals surface area contributed by atoms with Crippen LogP contribution in [0, 0.1) is 11.3 Å². The van der Waals surface area contributed by atoms with Crippen molar-refractivity contribution < 1.29 is 4.52 Å². The Kier molecular flexibility index (Phi) is 2.85. The topological polar surface area (TPSA) is 52.0 Å². The van der Waals surface area contributed by atoms with Crippen LogP contribution in [0.2, 0.25) is 0 Å². The first-order valence-corrected chi connectivity index (χ1v) is 6.43. The summed E-state index contributed by atoms with van der Waals surface area (Å²) in [7, 11) is 0. The molecule has 0 spiro atoms. The Morgan fingerprint density at radius 1 is 1.47 bits per heavy atom. The lowest BCUT2D eigenvalue weighted by Crippen LogP contribution is -2.55. The van der Waals surface area contributed by atoms with Gasteiger partial charge in [0.15, 0.2) is 0 Å². The molecule has 0 amide bonds. The largest absolute Gasteiger partial charge is 0.361 e.